The van der Waals surface area contributed by atoms with Crippen LogP contribution in [0.5, 0.6) is 0 Å². The van der Waals surface area contributed by atoms with Gasteiger partial charge in [-0.25, -0.2) is 15.0 Å². The molecule has 9 rings (SSSR count). The van der Waals surface area contributed by atoms with Gasteiger partial charge in [0.05, 0.1) is 0 Å². The molecule has 0 fully saturated rings. The molecule has 0 spiro atoms. The Morgan fingerprint density at radius 1 is 0.286 bits per heavy atom. The average Bonchev–Trinajstić information content (AvgIpc) is 3.58. The molecule has 0 aliphatic carbocycles. The van der Waals surface area contributed by atoms with E-state index >= 15 is 0 Å². The van der Waals surface area contributed by atoms with E-state index in [0.717, 1.165) is 49.8 Å². The van der Waals surface area contributed by atoms with Crippen molar-refractivity contribution in [1.29, 1.82) is 0 Å². The van der Waals surface area contributed by atoms with Gasteiger partial charge in [-0.3, -0.25) is 0 Å². The Kier molecular flexibility index (Phi) is 7.10. The van der Waals surface area contributed by atoms with Crippen LogP contribution in [0, 0.1) is 0 Å². The van der Waals surface area contributed by atoms with E-state index in [2.05, 4.69) is 115 Å². The molecule has 4 heteroatoms. The lowest BCUT2D eigenvalue weighted by Crippen LogP contribution is -2.00. The summed E-state index contributed by atoms with van der Waals surface area (Å²) >= 11 is 0. The summed E-state index contributed by atoms with van der Waals surface area (Å²) in [7, 11) is 0. The largest absolute Gasteiger partial charge is 0.456 e. The van der Waals surface area contributed by atoms with Crippen LogP contribution < -0.4 is 0 Å². The van der Waals surface area contributed by atoms with E-state index in [1.807, 2.05) is 60.7 Å². The summed E-state index contributed by atoms with van der Waals surface area (Å²) in [4.78, 5) is 15.0. The van der Waals surface area contributed by atoms with Gasteiger partial charge in [0, 0.05) is 27.5 Å². The van der Waals surface area contributed by atoms with E-state index in [1.165, 1.54) is 22.3 Å². The first-order valence-electron chi connectivity index (χ1n) is 16.4. The lowest BCUT2D eigenvalue weighted by molar-refractivity contribution is 0.669. The highest BCUT2D eigenvalue weighted by Gasteiger charge is 2.17. The molecule has 0 bridgehead atoms. The quantitative estimate of drug-likeness (QED) is 0.184. The molecule has 0 aliphatic rings. The maximum atomic E-state index is 6.19. The van der Waals surface area contributed by atoms with Crippen LogP contribution in [0.1, 0.15) is 0 Å². The SMILES string of the molecule is c1ccc(-c2nc(-c3ccc(-c4ccc(-c5ccccc5-c5ccccc5)cc4)cc3)nc(-c3cccc4oc5ccccc5c34)n2)cc1. The van der Waals surface area contributed by atoms with Crippen LogP contribution in [0.2, 0.25) is 0 Å². The minimum atomic E-state index is 0.608. The number of furan rings is 1. The number of rotatable bonds is 6. The van der Waals surface area contributed by atoms with E-state index in [-0.39, 0.29) is 0 Å². The third-order valence-electron chi connectivity index (χ3n) is 9.00. The fourth-order valence-electron chi connectivity index (χ4n) is 6.56. The smallest absolute Gasteiger partial charge is 0.164 e. The minimum Gasteiger partial charge on any atom is -0.456 e. The molecular formula is C45H29N3O. The van der Waals surface area contributed by atoms with Crippen LogP contribution >= 0.6 is 0 Å². The predicted octanol–water partition coefficient (Wildman–Crippen LogP) is 11.8. The molecule has 0 saturated heterocycles. The van der Waals surface area contributed by atoms with Crippen molar-refractivity contribution in [2.45, 2.75) is 0 Å². The molecule has 0 unspecified atom stereocenters. The fraction of sp³-hybridized carbons (Fsp3) is 0. The topological polar surface area (TPSA) is 51.8 Å². The molecule has 0 amide bonds. The molecule has 0 N–H and O–H groups in total. The molecule has 0 saturated carbocycles. The minimum absolute atomic E-state index is 0.608. The highest BCUT2D eigenvalue weighted by molar-refractivity contribution is 6.11. The van der Waals surface area contributed by atoms with E-state index in [4.69, 9.17) is 19.4 Å². The molecule has 230 valence electrons. The fourth-order valence-corrected chi connectivity index (χ4v) is 6.56. The van der Waals surface area contributed by atoms with Crippen molar-refractivity contribution in [2.75, 3.05) is 0 Å². The molecule has 4 nitrogen and oxygen atoms in total. The first kappa shape index (κ1) is 28.6. The number of fused-ring (bicyclic) bond motifs is 3. The van der Waals surface area contributed by atoms with Crippen LogP contribution in [0.4, 0.5) is 0 Å². The third-order valence-corrected chi connectivity index (χ3v) is 9.00. The van der Waals surface area contributed by atoms with Crippen molar-refractivity contribution in [3.63, 3.8) is 0 Å². The number of hydrogen-bond acceptors (Lipinski definition) is 4. The molecule has 7 aromatic carbocycles. The highest BCUT2D eigenvalue weighted by Crippen LogP contribution is 2.37. The Morgan fingerprint density at radius 2 is 0.714 bits per heavy atom. The van der Waals surface area contributed by atoms with Gasteiger partial charge >= 0.3 is 0 Å². The van der Waals surface area contributed by atoms with Crippen LogP contribution in [0.15, 0.2) is 180 Å². The van der Waals surface area contributed by atoms with Crippen LogP contribution in [-0.4, -0.2) is 15.0 Å². The Hall–Kier alpha value is -6.65. The highest BCUT2D eigenvalue weighted by atomic mass is 16.3. The lowest BCUT2D eigenvalue weighted by Gasteiger charge is -2.11. The summed E-state index contributed by atoms with van der Waals surface area (Å²) in [6, 6.07) is 60.6. The normalized spacial score (nSPS) is 11.3. The average molecular weight is 628 g/mol. The molecule has 49 heavy (non-hydrogen) atoms. The zero-order valence-corrected chi connectivity index (χ0v) is 26.5. The number of benzene rings is 7. The molecule has 0 aliphatic heterocycles. The van der Waals surface area contributed by atoms with Gasteiger partial charge in [-0.05, 0) is 45.5 Å². The zero-order chi connectivity index (χ0) is 32.6. The second-order valence-corrected chi connectivity index (χ2v) is 12.0. The Morgan fingerprint density at radius 3 is 1.37 bits per heavy atom. The summed E-state index contributed by atoms with van der Waals surface area (Å²) in [6.45, 7) is 0. The lowest BCUT2D eigenvalue weighted by atomic mass is 9.93. The summed E-state index contributed by atoms with van der Waals surface area (Å²) in [5, 5.41) is 2.04. The maximum Gasteiger partial charge on any atom is 0.164 e. The van der Waals surface area contributed by atoms with Crippen molar-refractivity contribution in [3.8, 4) is 67.5 Å². The van der Waals surface area contributed by atoms with Gasteiger partial charge in [-0.15, -0.1) is 0 Å². The molecular weight excluding hydrogens is 599 g/mol. The summed E-state index contributed by atoms with van der Waals surface area (Å²) in [6.07, 6.45) is 0. The number of para-hydroxylation sites is 1. The second-order valence-electron chi connectivity index (χ2n) is 12.0. The second kappa shape index (κ2) is 12.2. The zero-order valence-electron chi connectivity index (χ0n) is 26.5. The van der Waals surface area contributed by atoms with Gasteiger partial charge in [0.1, 0.15) is 11.2 Å². The van der Waals surface area contributed by atoms with Gasteiger partial charge in [-0.2, -0.15) is 0 Å². The van der Waals surface area contributed by atoms with E-state index in [1.54, 1.807) is 0 Å². The number of nitrogens with zero attached hydrogens (tertiary/aromatic N) is 3. The first-order chi connectivity index (χ1) is 24.3. The van der Waals surface area contributed by atoms with Gasteiger partial charge < -0.3 is 4.42 Å². The predicted molar refractivity (Wildman–Crippen MR) is 200 cm³/mol. The summed E-state index contributed by atoms with van der Waals surface area (Å²) in [5.41, 5.74) is 11.5. The van der Waals surface area contributed by atoms with Crippen LogP contribution in [0.3, 0.4) is 0 Å². The first-order valence-corrected chi connectivity index (χ1v) is 16.4. The number of aromatic nitrogens is 3. The molecule has 0 radical (unpaired) electrons. The summed E-state index contributed by atoms with van der Waals surface area (Å²) < 4.78 is 6.19. The van der Waals surface area contributed by atoms with Gasteiger partial charge in [-0.1, -0.05) is 164 Å². The van der Waals surface area contributed by atoms with Crippen molar-refractivity contribution in [3.05, 3.63) is 176 Å². The Balaban J connectivity index is 1.09. The third kappa shape index (κ3) is 5.35. The summed E-state index contributed by atoms with van der Waals surface area (Å²) in [5.74, 6) is 1.85. The molecule has 2 heterocycles. The van der Waals surface area contributed by atoms with Crippen LogP contribution in [-0.2, 0) is 0 Å². The monoisotopic (exact) mass is 627 g/mol. The van der Waals surface area contributed by atoms with Crippen molar-refractivity contribution in [2.24, 2.45) is 0 Å². The van der Waals surface area contributed by atoms with Crippen LogP contribution in [0.25, 0.3) is 89.5 Å². The van der Waals surface area contributed by atoms with E-state index in [0.29, 0.717) is 17.5 Å². The molecule has 9 aromatic rings. The Bertz CT molecular complexity index is 2570. The molecule has 0 atom stereocenters. The van der Waals surface area contributed by atoms with Crippen molar-refractivity contribution in [1.82, 2.24) is 15.0 Å². The standard InChI is InChI=1S/C45H29N3O/c1-3-12-32(13-4-1)36-16-7-8-17-37(36)33-26-22-30(23-27-33)31-24-28-35(29-25-31)44-46-43(34-14-5-2-6-15-34)47-45(48-44)39-19-11-21-41-42(39)38-18-9-10-20-40(38)49-41/h1-29H. The van der Waals surface area contributed by atoms with E-state index < -0.39 is 0 Å². The Labute approximate surface area is 284 Å². The van der Waals surface area contributed by atoms with Crippen molar-refractivity contribution < 1.29 is 4.42 Å². The maximum absolute atomic E-state index is 6.19. The van der Waals surface area contributed by atoms with E-state index in [9.17, 15) is 0 Å². The van der Waals surface area contributed by atoms with Gasteiger partial charge in [0.25, 0.3) is 0 Å². The van der Waals surface area contributed by atoms with Gasteiger partial charge in [0.15, 0.2) is 17.5 Å². The van der Waals surface area contributed by atoms with Gasteiger partial charge in [0.2, 0.25) is 0 Å². The molecule has 2 aromatic heterocycles. The number of hydrogen-bond donors (Lipinski definition) is 0. The van der Waals surface area contributed by atoms with Crippen molar-refractivity contribution >= 4 is 21.9 Å².